The van der Waals surface area contributed by atoms with Gasteiger partial charge in [-0.3, -0.25) is 4.98 Å². The number of fused-ring (bicyclic) bond motifs is 1. The molecule has 3 nitrogen and oxygen atoms in total. The number of aliphatic imine (C=N–C) groups is 1. The zero-order chi connectivity index (χ0) is 13.3. The molecule has 0 aliphatic heterocycles. The first-order valence-electron chi connectivity index (χ1n) is 5.45. The van der Waals surface area contributed by atoms with E-state index in [1.54, 1.807) is 6.20 Å². The molecule has 0 fully saturated rings. The predicted octanol–water partition coefficient (Wildman–Crippen LogP) is 4.13. The summed E-state index contributed by atoms with van der Waals surface area (Å²) in [6.45, 7) is 2.08. The topological polar surface area (TPSA) is 28.5 Å². The number of benzene rings is 1. The molecule has 1 heterocycles. The number of pyridine rings is 1. The molecule has 0 aliphatic rings. The van der Waals surface area contributed by atoms with Crippen LogP contribution in [0.2, 0.25) is 0 Å². The third-order valence-corrected chi connectivity index (χ3v) is 4.85. The highest BCUT2D eigenvalue weighted by molar-refractivity contribution is 14.1. The Labute approximate surface area is 129 Å². The van der Waals surface area contributed by atoms with E-state index in [2.05, 4.69) is 61.5 Å². The lowest BCUT2D eigenvalue weighted by atomic mass is 10.1. The summed E-state index contributed by atoms with van der Waals surface area (Å²) >= 11 is 5.95. The van der Waals surface area contributed by atoms with Crippen molar-refractivity contribution in [2.75, 3.05) is 14.1 Å². The number of nitrogens with zero attached hydrogens (tertiary/aromatic N) is 3. The molecule has 0 bridgehead atoms. The van der Waals surface area contributed by atoms with Gasteiger partial charge in [-0.25, -0.2) is 4.99 Å². The van der Waals surface area contributed by atoms with E-state index in [1.807, 2.05) is 31.4 Å². The van der Waals surface area contributed by atoms with Crippen molar-refractivity contribution in [1.82, 2.24) is 9.88 Å². The van der Waals surface area contributed by atoms with Crippen LogP contribution in [0, 0.1) is 10.5 Å². The zero-order valence-corrected chi connectivity index (χ0v) is 14.2. The molecule has 0 radical (unpaired) electrons. The van der Waals surface area contributed by atoms with Crippen molar-refractivity contribution in [3.63, 3.8) is 0 Å². The van der Waals surface area contributed by atoms with Gasteiger partial charge < -0.3 is 4.90 Å². The van der Waals surface area contributed by atoms with Gasteiger partial charge in [0.25, 0.3) is 0 Å². The summed E-state index contributed by atoms with van der Waals surface area (Å²) in [7, 11) is 3.92. The number of rotatable bonds is 2. The number of aromatic nitrogens is 1. The number of hydrogen-bond donors (Lipinski definition) is 0. The van der Waals surface area contributed by atoms with Gasteiger partial charge in [0.05, 0.1) is 17.5 Å². The Balaban J connectivity index is 2.79. The van der Waals surface area contributed by atoms with Gasteiger partial charge in [-0.15, -0.1) is 0 Å². The highest BCUT2D eigenvalue weighted by atomic mass is 127. The normalized spacial score (nSPS) is 11.4. The molecule has 94 valence electrons. The molecule has 0 amide bonds. The molecule has 0 aliphatic carbocycles. The molecule has 0 saturated heterocycles. The quantitative estimate of drug-likeness (QED) is 0.417. The summed E-state index contributed by atoms with van der Waals surface area (Å²) in [5.74, 6) is 0. The van der Waals surface area contributed by atoms with Crippen molar-refractivity contribution >= 4 is 61.4 Å². The van der Waals surface area contributed by atoms with Crippen LogP contribution in [0.15, 0.2) is 27.8 Å². The smallest absolute Gasteiger partial charge is 0.0907 e. The fraction of sp³-hybridized carbons (Fsp3) is 0.231. The summed E-state index contributed by atoms with van der Waals surface area (Å²) in [6, 6.07) is 3.99. The Morgan fingerprint density at radius 2 is 2.17 bits per heavy atom. The van der Waals surface area contributed by atoms with Gasteiger partial charge in [-0.1, -0.05) is 0 Å². The molecule has 0 saturated carbocycles. The molecule has 0 atom stereocenters. The molecule has 2 aromatic rings. The second-order valence-corrected chi connectivity index (χ2v) is 6.08. The van der Waals surface area contributed by atoms with Gasteiger partial charge in [0.15, 0.2) is 0 Å². The van der Waals surface area contributed by atoms with E-state index in [0.29, 0.717) is 0 Å². The van der Waals surface area contributed by atoms with Crippen LogP contribution in [-0.4, -0.2) is 30.3 Å². The van der Waals surface area contributed by atoms with Crippen molar-refractivity contribution in [3.8, 4) is 0 Å². The SMILES string of the molecule is Cc1c(I)c(N=CN(C)C)c2cccnc2c1Br. The average molecular weight is 418 g/mol. The Bertz CT molecular complexity index is 623. The van der Waals surface area contributed by atoms with Gasteiger partial charge in [0.1, 0.15) is 0 Å². The van der Waals surface area contributed by atoms with Crippen LogP contribution in [0.3, 0.4) is 0 Å². The third-order valence-electron chi connectivity index (χ3n) is 2.55. The zero-order valence-electron chi connectivity index (χ0n) is 10.4. The van der Waals surface area contributed by atoms with Crippen molar-refractivity contribution in [2.24, 2.45) is 4.99 Å². The lowest BCUT2D eigenvalue weighted by Gasteiger charge is -2.11. The third kappa shape index (κ3) is 2.51. The fourth-order valence-corrected chi connectivity index (χ4v) is 3.22. The molecule has 0 N–H and O–H groups in total. The van der Waals surface area contributed by atoms with Gasteiger partial charge in [-0.05, 0) is 63.1 Å². The van der Waals surface area contributed by atoms with Crippen LogP contribution in [0.1, 0.15) is 5.56 Å². The van der Waals surface area contributed by atoms with Crippen molar-refractivity contribution in [1.29, 1.82) is 0 Å². The van der Waals surface area contributed by atoms with E-state index < -0.39 is 0 Å². The molecule has 5 heteroatoms. The summed E-state index contributed by atoms with van der Waals surface area (Å²) in [4.78, 5) is 10.9. The molecule has 0 unspecified atom stereocenters. The van der Waals surface area contributed by atoms with Gasteiger partial charge in [-0.2, -0.15) is 0 Å². The second-order valence-electron chi connectivity index (χ2n) is 4.21. The monoisotopic (exact) mass is 417 g/mol. The lowest BCUT2D eigenvalue weighted by molar-refractivity contribution is 0.643. The van der Waals surface area contributed by atoms with E-state index in [-0.39, 0.29) is 0 Å². The summed E-state index contributed by atoms with van der Waals surface area (Å²) in [6.07, 6.45) is 3.62. The molecule has 18 heavy (non-hydrogen) atoms. The van der Waals surface area contributed by atoms with Gasteiger partial charge >= 0.3 is 0 Å². The standard InChI is InChI=1S/C13H13BrIN3/c1-8-10(14)12-9(5-4-6-16-12)13(11(8)15)17-7-18(2)3/h4-7H,1-3H3. The minimum absolute atomic E-state index is 0.960. The fourth-order valence-electron chi connectivity index (χ4n) is 1.64. The van der Waals surface area contributed by atoms with Crippen LogP contribution in [-0.2, 0) is 0 Å². The summed E-state index contributed by atoms with van der Waals surface area (Å²) in [5.41, 5.74) is 3.11. The van der Waals surface area contributed by atoms with E-state index in [1.165, 1.54) is 5.56 Å². The molecule has 2 rings (SSSR count). The molecular formula is C13H13BrIN3. The molecule has 1 aromatic carbocycles. The summed E-state index contributed by atoms with van der Waals surface area (Å²) in [5, 5.41) is 1.07. The average Bonchev–Trinajstić information content (AvgIpc) is 2.36. The van der Waals surface area contributed by atoms with Crippen LogP contribution in [0.5, 0.6) is 0 Å². The van der Waals surface area contributed by atoms with Gasteiger partial charge in [0, 0.05) is 33.7 Å². The highest BCUT2D eigenvalue weighted by Crippen LogP contribution is 2.38. The van der Waals surface area contributed by atoms with Crippen LogP contribution < -0.4 is 0 Å². The Kier molecular flexibility index (Phi) is 4.21. The minimum atomic E-state index is 0.960. The maximum Gasteiger partial charge on any atom is 0.0907 e. The van der Waals surface area contributed by atoms with E-state index in [4.69, 9.17) is 0 Å². The van der Waals surface area contributed by atoms with Crippen molar-refractivity contribution in [2.45, 2.75) is 6.92 Å². The van der Waals surface area contributed by atoms with E-state index >= 15 is 0 Å². The van der Waals surface area contributed by atoms with Crippen molar-refractivity contribution in [3.05, 3.63) is 31.9 Å². The lowest BCUT2D eigenvalue weighted by Crippen LogP contribution is -2.07. The number of halogens is 2. The predicted molar refractivity (Wildman–Crippen MR) is 88.7 cm³/mol. The Morgan fingerprint density at radius 3 is 2.83 bits per heavy atom. The van der Waals surface area contributed by atoms with Crippen LogP contribution in [0.4, 0.5) is 5.69 Å². The van der Waals surface area contributed by atoms with Gasteiger partial charge in [0.2, 0.25) is 0 Å². The number of hydrogen-bond acceptors (Lipinski definition) is 2. The Morgan fingerprint density at radius 1 is 1.44 bits per heavy atom. The molecule has 0 spiro atoms. The second kappa shape index (κ2) is 5.52. The molecule has 1 aromatic heterocycles. The van der Waals surface area contributed by atoms with E-state index in [0.717, 1.165) is 24.6 Å². The maximum absolute atomic E-state index is 4.57. The van der Waals surface area contributed by atoms with Crippen LogP contribution >= 0.6 is 38.5 Å². The van der Waals surface area contributed by atoms with Crippen LogP contribution in [0.25, 0.3) is 10.9 Å². The van der Waals surface area contributed by atoms with E-state index in [9.17, 15) is 0 Å². The largest absolute Gasteiger partial charge is 0.369 e. The van der Waals surface area contributed by atoms with Crippen molar-refractivity contribution < 1.29 is 0 Å². The molecular weight excluding hydrogens is 405 g/mol. The first-order valence-corrected chi connectivity index (χ1v) is 7.32. The Hall–Kier alpha value is -0.690. The first kappa shape index (κ1) is 13.7. The maximum atomic E-state index is 4.57. The summed E-state index contributed by atoms with van der Waals surface area (Å²) < 4.78 is 2.20. The highest BCUT2D eigenvalue weighted by Gasteiger charge is 2.13. The first-order chi connectivity index (χ1) is 8.52. The minimum Gasteiger partial charge on any atom is -0.369 e.